The number of halogens is 1. The Kier molecular flexibility index (Phi) is 4.43. The maximum absolute atomic E-state index is 13.8. The molecule has 1 aromatic rings. The van der Waals surface area contributed by atoms with Gasteiger partial charge in [0.2, 0.25) is 10.0 Å². The van der Waals surface area contributed by atoms with Crippen molar-refractivity contribution in [3.05, 3.63) is 29.8 Å². The summed E-state index contributed by atoms with van der Waals surface area (Å²) in [5.41, 5.74) is 0.227. The lowest BCUT2D eigenvalue weighted by Crippen LogP contribution is -2.48. The van der Waals surface area contributed by atoms with E-state index >= 15 is 0 Å². The SMILES string of the molecule is CS(=O)(=O)N1CC2CN(Cc3ccncc3F)CCC2(CO)C1. The lowest BCUT2D eigenvalue weighted by molar-refractivity contribution is 0.0167. The predicted octanol–water partition coefficient (Wildman–Crippen LogP) is 0.296. The van der Waals surface area contributed by atoms with Crippen molar-refractivity contribution in [1.82, 2.24) is 14.2 Å². The van der Waals surface area contributed by atoms with E-state index in [9.17, 15) is 17.9 Å². The van der Waals surface area contributed by atoms with Crippen LogP contribution in [0.3, 0.4) is 0 Å². The molecule has 2 aliphatic heterocycles. The van der Waals surface area contributed by atoms with Crippen LogP contribution in [0.25, 0.3) is 0 Å². The molecule has 2 atom stereocenters. The van der Waals surface area contributed by atoms with E-state index in [4.69, 9.17) is 0 Å². The van der Waals surface area contributed by atoms with Crippen LogP contribution in [0, 0.1) is 17.2 Å². The van der Waals surface area contributed by atoms with E-state index < -0.39 is 10.0 Å². The van der Waals surface area contributed by atoms with Crippen molar-refractivity contribution in [2.24, 2.45) is 11.3 Å². The summed E-state index contributed by atoms with van der Waals surface area (Å²) in [6, 6.07) is 1.67. The molecule has 0 aliphatic carbocycles. The number of pyridine rings is 1. The number of aromatic nitrogens is 1. The monoisotopic (exact) mass is 343 g/mol. The molecule has 128 valence electrons. The summed E-state index contributed by atoms with van der Waals surface area (Å²) in [4.78, 5) is 5.88. The van der Waals surface area contributed by atoms with E-state index in [0.717, 1.165) is 6.54 Å². The highest BCUT2D eigenvalue weighted by Crippen LogP contribution is 2.43. The van der Waals surface area contributed by atoms with Gasteiger partial charge in [0.25, 0.3) is 0 Å². The van der Waals surface area contributed by atoms with E-state index in [1.54, 1.807) is 12.3 Å². The van der Waals surface area contributed by atoms with E-state index in [1.165, 1.54) is 16.8 Å². The fourth-order valence-corrected chi connectivity index (χ4v) is 4.67. The number of aliphatic hydroxyl groups excluding tert-OH is 1. The van der Waals surface area contributed by atoms with Crippen molar-refractivity contribution >= 4 is 10.0 Å². The van der Waals surface area contributed by atoms with Crippen molar-refractivity contribution in [1.29, 1.82) is 0 Å². The van der Waals surface area contributed by atoms with Crippen LogP contribution in [0.2, 0.25) is 0 Å². The maximum atomic E-state index is 13.8. The quantitative estimate of drug-likeness (QED) is 0.851. The number of fused-ring (bicyclic) bond motifs is 1. The Labute approximate surface area is 136 Å². The largest absolute Gasteiger partial charge is 0.396 e. The van der Waals surface area contributed by atoms with Gasteiger partial charge in [0.1, 0.15) is 5.82 Å². The number of sulfonamides is 1. The summed E-state index contributed by atoms with van der Waals surface area (Å²) in [6.07, 6.45) is 4.70. The summed E-state index contributed by atoms with van der Waals surface area (Å²) >= 11 is 0. The van der Waals surface area contributed by atoms with Crippen molar-refractivity contribution in [3.63, 3.8) is 0 Å². The highest BCUT2D eigenvalue weighted by molar-refractivity contribution is 7.88. The molecule has 3 heterocycles. The third-order valence-corrected chi connectivity index (χ3v) is 6.44. The van der Waals surface area contributed by atoms with E-state index in [-0.39, 0.29) is 23.8 Å². The maximum Gasteiger partial charge on any atom is 0.211 e. The zero-order valence-electron chi connectivity index (χ0n) is 13.2. The molecule has 1 aromatic heterocycles. The van der Waals surface area contributed by atoms with Crippen molar-refractivity contribution in [2.45, 2.75) is 13.0 Å². The fourth-order valence-electron chi connectivity index (χ4n) is 3.73. The molecule has 0 saturated carbocycles. The molecule has 2 aliphatic rings. The first-order valence-corrected chi connectivity index (χ1v) is 9.56. The predicted molar refractivity (Wildman–Crippen MR) is 83.5 cm³/mol. The molecule has 2 fully saturated rings. The Balaban J connectivity index is 1.74. The lowest BCUT2D eigenvalue weighted by atomic mass is 9.73. The molecule has 0 spiro atoms. The average Bonchev–Trinajstić information content (AvgIpc) is 2.89. The Morgan fingerprint density at radius 2 is 2.26 bits per heavy atom. The van der Waals surface area contributed by atoms with Gasteiger partial charge in [-0.2, -0.15) is 0 Å². The molecule has 0 aromatic carbocycles. The molecule has 1 N–H and O–H groups in total. The number of likely N-dealkylation sites (tertiary alicyclic amines) is 1. The van der Waals surface area contributed by atoms with Gasteiger partial charge in [0, 0.05) is 43.4 Å². The Bertz CT molecular complexity index is 684. The van der Waals surface area contributed by atoms with Gasteiger partial charge in [0.05, 0.1) is 19.1 Å². The first-order chi connectivity index (χ1) is 10.8. The standard InChI is InChI=1S/C15H22FN3O3S/c1-23(21,22)19-9-13-8-18(5-3-15(13,10-19)11-20)7-12-2-4-17-6-14(12)16/h2,4,6,13,20H,3,5,7-11H2,1H3. The van der Waals surface area contributed by atoms with Gasteiger partial charge >= 0.3 is 0 Å². The van der Waals surface area contributed by atoms with Gasteiger partial charge in [-0.15, -0.1) is 0 Å². The minimum Gasteiger partial charge on any atom is -0.396 e. The molecule has 23 heavy (non-hydrogen) atoms. The summed E-state index contributed by atoms with van der Waals surface area (Å²) in [7, 11) is -3.26. The number of hydrogen-bond acceptors (Lipinski definition) is 5. The summed E-state index contributed by atoms with van der Waals surface area (Å²) in [5, 5.41) is 9.85. The zero-order valence-corrected chi connectivity index (χ0v) is 14.0. The van der Waals surface area contributed by atoms with Crippen LogP contribution < -0.4 is 0 Å². The van der Waals surface area contributed by atoms with Gasteiger partial charge in [-0.3, -0.25) is 9.88 Å². The lowest BCUT2D eigenvalue weighted by Gasteiger charge is -2.42. The van der Waals surface area contributed by atoms with Gasteiger partial charge in [0.15, 0.2) is 0 Å². The smallest absolute Gasteiger partial charge is 0.211 e. The Morgan fingerprint density at radius 1 is 1.48 bits per heavy atom. The van der Waals surface area contributed by atoms with Gasteiger partial charge in [-0.25, -0.2) is 17.1 Å². The van der Waals surface area contributed by atoms with E-state index in [0.29, 0.717) is 38.2 Å². The van der Waals surface area contributed by atoms with Crippen LogP contribution in [0.1, 0.15) is 12.0 Å². The van der Waals surface area contributed by atoms with Crippen LogP contribution in [-0.4, -0.2) is 66.8 Å². The molecule has 8 heteroatoms. The minimum atomic E-state index is -3.26. The fraction of sp³-hybridized carbons (Fsp3) is 0.667. The van der Waals surface area contributed by atoms with E-state index in [2.05, 4.69) is 9.88 Å². The molecular weight excluding hydrogens is 321 g/mol. The number of aliphatic hydroxyl groups is 1. The Morgan fingerprint density at radius 3 is 2.91 bits per heavy atom. The second kappa shape index (κ2) is 6.08. The summed E-state index contributed by atoms with van der Waals surface area (Å²) in [5.74, 6) is -0.253. The normalized spacial score (nSPS) is 29.6. The molecule has 3 rings (SSSR count). The topological polar surface area (TPSA) is 73.7 Å². The molecule has 2 unspecified atom stereocenters. The van der Waals surface area contributed by atoms with Crippen LogP contribution >= 0.6 is 0 Å². The second-order valence-electron chi connectivity index (χ2n) is 6.73. The molecule has 2 saturated heterocycles. The van der Waals surface area contributed by atoms with Crippen molar-refractivity contribution < 1.29 is 17.9 Å². The van der Waals surface area contributed by atoms with Crippen molar-refractivity contribution in [2.75, 3.05) is 39.0 Å². The number of rotatable bonds is 4. The first kappa shape index (κ1) is 16.8. The highest BCUT2D eigenvalue weighted by Gasteiger charge is 2.51. The summed E-state index contributed by atoms with van der Waals surface area (Å²) < 4.78 is 38.9. The van der Waals surface area contributed by atoms with Crippen molar-refractivity contribution in [3.8, 4) is 0 Å². The van der Waals surface area contributed by atoms with Crippen LogP contribution in [-0.2, 0) is 16.6 Å². The molecular formula is C15H22FN3O3S. The van der Waals surface area contributed by atoms with E-state index in [1.807, 2.05) is 0 Å². The molecule has 0 bridgehead atoms. The van der Waals surface area contributed by atoms with Crippen LogP contribution in [0.15, 0.2) is 18.5 Å². The third kappa shape index (κ3) is 3.26. The van der Waals surface area contributed by atoms with Gasteiger partial charge < -0.3 is 5.11 Å². The second-order valence-corrected chi connectivity index (χ2v) is 8.71. The first-order valence-electron chi connectivity index (χ1n) is 7.71. The average molecular weight is 343 g/mol. The number of nitrogens with zero attached hydrogens (tertiary/aromatic N) is 3. The molecule has 0 amide bonds. The highest BCUT2D eigenvalue weighted by atomic mass is 32.2. The summed E-state index contributed by atoms with van der Waals surface area (Å²) in [6.45, 7) is 2.65. The third-order valence-electron chi connectivity index (χ3n) is 5.22. The van der Waals surface area contributed by atoms with Crippen LogP contribution in [0.4, 0.5) is 4.39 Å². The zero-order chi connectivity index (χ0) is 16.7. The Hall–Kier alpha value is -1.09. The molecule has 0 radical (unpaired) electrons. The number of hydrogen-bond donors (Lipinski definition) is 1. The van der Waals surface area contributed by atoms with Crippen LogP contribution in [0.5, 0.6) is 0 Å². The van der Waals surface area contributed by atoms with Gasteiger partial charge in [-0.05, 0) is 24.9 Å². The van der Waals surface area contributed by atoms with Gasteiger partial charge in [-0.1, -0.05) is 0 Å². The molecule has 6 nitrogen and oxygen atoms in total. The number of piperidine rings is 1. The minimum absolute atomic E-state index is 0.0128.